The molecule has 0 aromatic heterocycles. The number of quaternary nitrogens is 1. The molecule has 7 heteroatoms. The van der Waals surface area contributed by atoms with Crippen LogP contribution in [-0.4, -0.2) is 74.3 Å². The fourth-order valence-electron chi connectivity index (χ4n) is 2.62. The second kappa shape index (κ2) is 11.0. The van der Waals surface area contributed by atoms with E-state index in [1.54, 1.807) is 0 Å². The Morgan fingerprint density at radius 3 is 2.04 bits per heavy atom. The van der Waals surface area contributed by atoms with Crippen LogP contribution < -0.4 is 0 Å². The van der Waals surface area contributed by atoms with Gasteiger partial charge < -0.3 is 9.45 Å². The van der Waals surface area contributed by atoms with Crippen LogP contribution >= 0.6 is 0 Å². The summed E-state index contributed by atoms with van der Waals surface area (Å²) in [5.74, 6) is 0.794. The molecule has 0 N–H and O–H groups in total. The van der Waals surface area contributed by atoms with Crippen molar-refractivity contribution in [1.29, 1.82) is 0 Å². The Bertz CT molecular complexity index is 441. The molecular formula is C16H35N3O3S. The van der Waals surface area contributed by atoms with Gasteiger partial charge >= 0.3 is 0 Å². The Morgan fingerprint density at radius 2 is 1.61 bits per heavy atom. The van der Waals surface area contributed by atoms with E-state index in [-0.39, 0.29) is 5.75 Å². The first-order valence-electron chi connectivity index (χ1n) is 8.74. The zero-order valence-electron chi connectivity index (χ0n) is 15.5. The van der Waals surface area contributed by atoms with Crippen molar-refractivity contribution in [2.45, 2.75) is 52.9 Å². The van der Waals surface area contributed by atoms with Gasteiger partial charge in [-0.25, -0.2) is 13.4 Å². The van der Waals surface area contributed by atoms with Crippen LogP contribution in [0.1, 0.15) is 52.9 Å². The van der Waals surface area contributed by atoms with Crippen molar-refractivity contribution in [2.75, 3.05) is 46.0 Å². The molecule has 0 atom stereocenters. The van der Waals surface area contributed by atoms with Crippen LogP contribution in [0, 0.1) is 0 Å². The summed E-state index contributed by atoms with van der Waals surface area (Å²) in [6, 6.07) is 0. The first-order valence-corrected chi connectivity index (χ1v) is 10.3. The average Bonchev–Trinajstić information content (AvgIpc) is 2.43. The Kier molecular flexibility index (Phi) is 10.7. The topological polar surface area (TPSA) is 72.8 Å². The summed E-state index contributed by atoms with van der Waals surface area (Å²) in [7, 11) is 0.112. The van der Waals surface area contributed by atoms with E-state index >= 15 is 0 Å². The molecular weight excluding hydrogens is 314 g/mol. The second-order valence-electron chi connectivity index (χ2n) is 6.55. The zero-order valence-corrected chi connectivity index (χ0v) is 16.4. The maximum absolute atomic E-state index is 10.7. The van der Waals surface area contributed by atoms with E-state index in [9.17, 15) is 13.0 Å². The van der Waals surface area contributed by atoms with Crippen LogP contribution in [0.25, 0.3) is 0 Å². The lowest BCUT2D eigenvalue weighted by Crippen LogP contribution is -2.55. The maximum Gasteiger partial charge on any atom is 0.299 e. The standard InChI is InChI=1S/C16H35N3O3S/c1-6-11-17-16(18(12-7-2)13-8-3)19(4,5)14-9-10-15-23(20,21)22/h6-15H2,1-5H3. The minimum Gasteiger partial charge on any atom is -0.748 e. The second-order valence-corrected chi connectivity index (χ2v) is 8.07. The fraction of sp³-hybridized carbons (Fsp3) is 0.938. The predicted molar refractivity (Wildman–Crippen MR) is 95.5 cm³/mol. The van der Waals surface area contributed by atoms with E-state index in [1.807, 2.05) is 0 Å². The predicted octanol–water partition coefficient (Wildman–Crippen LogP) is 2.28. The molecule has 0 bridgehead atoms. The molecule has 0 aliphatic heterocycles. The van der Waals surface area contributed by atoms with E-state index in [4.69, 9.17) is 4.99 Å². The summed E-state index contributed by atoms with van der Waals surface area (Å²) >= 11 is 0. The summed E-state index contributed by atoms with van der Waals surface area (Å²) < 4.78 is 32.8. The summed E-state index contributed by atoms with van der Waals surface area (Å²) in [4.78, 5) is 7.16. The first-order chi connectivity index (χ1) is 10.7. The van der Waals surface area contributed by atoms with Crippen molar-refractivity contribution in [2.24, 2.45) is 4.99 Å². The summed E-state index contributed by atoms with van der Waals surface area (Å²) in [5, 5.41) is 0. The molecule has 138 valence electrons. The highest BCUT2D eigenvalue weighted by Crippen LogP contribution is 2.11. The number of guanidine groups is 1. The molecule has 0 aliphatic carbocycles. The van der Waals surface area contributed by atoms with Gasteiger partial charge in [0.2, 0.25) is 0 Å². The number of hydrogen-bond acceptors (Lipinski definition) is 4. The molecule has 0 aromatic rings. The Morgan fingerprint density at radius 1 is 1.04 bits per heavy atom. The molecule has 23 heavy (non-hydrogen) atoms. The zero-order chi connectivity index (χ0) is 17.9. The molecule has 0 radical (unpaired) electrons. The highest BCUT2D eigenvalue weighted by atomic mass is 32.2. The van der Waals surface area contributed by atoms with Crippen molar-refractivity contribution in [3.05, 3.63) is 0 Å². The molecule has 0 amide bonds. The van der Waals surface area contributed by atoms with Crippen LogP contribution in [0.2, 0.25) is 0 Å². The van der Waals surface area contributed by atoms with E-state index < -0.39 is 10.1 Å². The third-order valence-electron chi connectivity index (χ3n) is 3.65. The molecule has 0 aliphatic rings. The highest BCUT2D eigenvalue weighted by Gasteiger charge is 2.28. The van der Waals surface area contributed by atoms with Gasteiger partial charge in [0.05, 0.1) is 30.8 Å². The maximum atomic E-state index is 10.7. The molecule has 0 saturated carbocycles. The van der Waals surface area contributed by atoms with Gasteiger partial charge in [0.25, 0.3) is 5.96 Å². The molecule has 6 nitrogen and oxygen atoms in total. The van der Waals surface area contributed by atoms with Crippen molar-refractivity contribution < 1.29 is 17.5 Å². The molecule has 0 rings (SSSR count). The van der Waals surface area contributed by atoms with Crippen LogP contribution in [0.5, 0.6) is 0 Å². The van der Waals surface area contributed by atoms with E-state index in [2.05, 4.69) is 39.8 Å². The van der Waals surface area contributed by atoms with Crippen LogP contribution in [0.4, 0.5) is 0 Å². The van der Waals surface area contributed by atoms with Crippen LogP contribution in [0.3, 0.4) is 0 Å². The lowest BCUT2D eigenvalue weighted by atomic mass is 10.3. The van der Waals surface area contributed by atoms with Gasteiger partial charge in [0, 0.05) is 25.4 Å². The Hall–Kier alpha value is -0.660. The molecule has 0 unspecified atom stereocenters. The van der Waals surface area contributed by atoms with E-state index in [0.29, 0.717) is 17.3 Å². The van der Waals surface area contributed by atoms with Crippen molar-refractivity contribution >= 4 is 16.1 Å². The van der Waals surface area contributed by atoms with Crippen molar-refractivity contribution in [3.63, 3.8) is 0 Å². The normalized spacial score (nSPS) is 13.4. The fourth-order valence-corrected chi connectivity index (χ4v) is 3.18. The number of hydrogen-bond donors (Lipinski definition) is 0. The Labute approximate surface area is 142 Å². The SMILES string of the molecule is CCCN=C(N(CCC)CCC)[N+](C)(C)CCCCS(=O)(=O)[O-]. The van der Waals surface area contributed by atoms with Crippen molar-refractivity contribution in [3.8, 4) is 0 Å². The largest absolute Gasteiger partial charge is 0.748 e. The van der Waals surface area contributed by atoms with Crippen molar-refractivity contribution in [1.82, 2.24) is 4.90 Å². The first kappa shape index (κ1) is 22.3. The van der Waals surface area contributed by atoms with Gasteiger partial charge in [-0.15, -0.1) is 0 Å². The highest BCUT2D eigenvalue weighted by molar-refractivity contribution is 7.85. The van der Waals surface area contributed by atoms with Crippen LogP contribution in [0.15, 0.2) is 4.99 Å². The Balaban J connectivity index is 4.96. The van der Waals surface area contributed by atoms with Gasteiger partial charge in [0.15, 0.2) is 0 Å². The van der Waals surface area contributed by atoms with E-state index in [1.165, 1.54) is 0 Å². The van der Waals surface area contributed by atoms with Gasteiger partial charge in [-0.05, 0) is 32.1 Å². The van der Waals surface area contributed by atoms with Gasteiger partial charge in [-0.2, -0.15) is 0 Å². The average molecular weight is 350 g/mol. The van der Waals surface area contributed by atoms with Gasteiger partial charge in [-0.3, -0.25) is 4.48 Å². The smallest absolute Gasteiger partial charge is 0.299 e. The molecule has 0 fully saturated rings. The molecule has 0 heterocycles. The molecule has 0 aromatic carbocycles. The summed E-state index contributed by atoms with van der Waals surface area (Å²) in [5.41, 5.74) is 0. The minimum absolute atomic E-state index is 0.276. The monoisotopic (exact) mass is 349 g/mol. The summed E-state index contributed by atoms with van der Waals surface area (Å²) in [6.07, 6.45) is 4.25. The summed E-state index contributed by atoms with van der Waals surface area (Å²) in [6.45, 7) is 9.99. The minimum atomic E-state index is -4.11. The number of nitrogens with zero attached hydrogens (tertiary/aromatic N) is 3. The number of rotatable bonds is 11. The number of unbranched alkanes of at least 4 members (excludes halogenated alkanes) is 1. The van der Waals surface area contributed by atoms with E-state index in [0.717, 1.165) is 51.4 Å². The van der Waals surface area contributed by atoms with Gasteiger partial charge in [0.1, 0.15) is 0 Å². The molecule has 0 spiro atoms. The van der Waals surface area contributed by atoms with Gasteiger partial charge in [-0.1, -0.05) is 20.8 Å². The molecule has 0 saturated heterocycles. The quantitative estimate of drug-likeness (QED) is 0.189. The number of aliphatic imine (C=N–C) groups is 1. The third-order valence-corrected chi connectivity index (χ3v) is 4.44. The lowest BCUT2D eigenvalue weighted by molar-refractivity contribution is -0.805. The lowest BCUT2D eigenvalue weighted by Gasteiger charge is -2.36. The van der Waals surface area contributed by atoms with Crippen LogP contribution in [-0.2, 0) is 10.1 Å². The third kappa shape index (κ3) is 9.94.